The van der Waals surface area contributed by atoms with E-state index in [2.05, 4.69) is 9.10 Å². The number of aromatic nitrogens is 1. The molecule has 0 amide bonds. The van der Waals surface area contributed by atoms with E-state index in [9.17, 15) is 27.1 Å². The van der Waals surface area contributed by atoms with Crippen molar-refractivity contribution in [1.29, 1.82) is 0 Å². The van der Waals surface area contributed by atoms with Crippen molar-refractivity contribution in [3.63, 3.8) is 0 Å². The number of halogens is 2. The van der Waals surface area contributed by atoms with Crippen molar-refractivity contribution in [3.05, 3.63) is 59.0 Å². The SMILES string of the molecule is CC(F)(F)c1cc(-c2ccc(S(=O)(=O)N[C@@]3(C(=O)O)C[C@@H]3c3ccccc3)s2)ns1. The van der Waals surface area contributed by atoms with Gasteiger partial charge in [0.1, 0.15) is 9.75 Å². The summed E-state index contributed by atoms with van der Waals surface area (Å²) >= 11 is 1.50. The summed E-state index contributed by atoms with van der Waals surface area (Å²) in [6.07, 6.45) is 0.144. The summed E-state index contributed by atoms with van der Waals surface area (Å²) in [5.74, 6) is -4.75. The lowest BCUT2D eigenvalue weighted by Gasteiger charge is -2.14. The van der Waals surface area contributed by atoms with E-state index >= 15 is 0 Å². The van der Waals surface area contributed by atoms with Gasteiger partial charge in [0.2, 0.25) is 0 Å². The highest BCUT2D eigenvalue weighted by atomic mass is 32.2. The van der Waals surface area contributed by atoms with Gasteiger partial charge in [0.05, 0.1) is 15.4 Å². The molecule has 4 rings (SSSR count). The Labute approximate surface area is 179 Å². The zero-order valence-electron chi connectivity index (χ0n) is 15.5. The third-order valence-electron chi connectivity index (χ3n) is 4.90. The predicted molar refractivity (Wildman–Crippen MR) is 109 cm³/mol. The van der Waals surface area contributed by atoms with E-state index in [1.165, 1.54) is 18.2 Å². The lowest BCUT2D eigenvalue weighted by atomic mass is 10.1. The number of benzene rings is 1. The number of carbonyl (C=O) groups is 1. The topological polar surface area (TPSA) is 96.4 Å². The first-order valence-corrected chi connectivity index (χ1v) is 11.9. The van der Waals surface area contributed by atoms with Crippen LogP contribution in [0, 0.1) is 0 Å². The van der Waals surface area contributed by atoms with Gasteiger partial charge in [-0.05, 0) is 41.7 Å². The highest BCUT2D eigenvalue weighted by Gasteiger charge is 2.63. The minimum absolute atomic E-state index is 0.102. The second kappa shape index (κ2) is 7.19. The molecule has 1 fully saturated rings. The van der Waals surface area contributed by atoms with Crippen LogP contribution in [0.15, 0.2) is 52.7 Å². The molecule has 0 spiro atoms. The molecule has 6 nitrogen and oxygen atoms in total. The van der Waals surface area contributed by atoms with Crippen LogP contribution in [0.5, 0.6) is 0 Å². The molecule has 2 N–H and O–H groups in total. The van der Waals surface area contributed by atoms with E-state index in [0.717, 1.165) is 23.8 Å². The molecular formula is C19H16F2N2O4S3. The van der Waals surface area contributed by atoms with Crippen molar-refractivity contribution in [3.8, 4) is 10.6 Å². The van der Waals surface area contributed by atoms with Gasteiger partial charge in [-0.3, -0.25) is 4.79 Å². The maximum absolute atomic E-state index is 13.4. The molecule has 1 aliphatic carbocycles. The van der Waals surface area contributed by atoms with Gasteiger partial charge in [0.15, 0.2) is 0 Å². The molecule has 2 atom stereocenters. The number of carboxylic acid groups (broad SMARTS) is 1. The van der Waals surface area contributed by atoms with E-state index in [1.807, 2.05) is 0 Å². The minimum Gasteiger partial charge on any atom is -0.480 e. The zero-order chi connectivity index (χ0) is 21.7. The summed E-state index contributed by atoms with van der Waals surface area (Å²) in [6.45, 7) is 0.767. The average molecular weight is 471 g/mol. The van der Waals surface area contributed by atoms with Gasteiger partial charge in [-0.15, -0.1) is 11.3 Å². The van der Waals surface area contributed by atoms with Crippen molar-refractivity contribution >= 4 is 38.9 Å². The first kappa shape index (κ1) is 21.0. The number of hydrogen-bond acceptors (Lipinski definition) is 6. The molecule has 30 heavy (non-hydrogen) atoms. The highest BCUT2D eigenvalue weighted by molar-refractivity contribution is 7.91. The average Bonchev–Trinajstić information content (AvgIpc) is 3.05. The Morgan fingerprint density at radius 3 is 2.57 bits per heavy atom. The van der Waals surface area contributed by atoms with Gasteiger partial charge in [-0.1, -0.05) is 30.3 Å². The summed E-state index contributed by atoms with van der Waals surface area (Å²) in [5, 5.41) is 9.70. The molecular weight excluding hydrogens is 454 g/mol. The summed E-state index contributed by atoms with van der Waals surface area (Å²) in [6, 6.07) is 12.9. The number of thiophene rings is 1. The van der Waals surface area contributed by atoms with Crippen molar-refractivity contribution in [2.75, 3.05) is 0 Å². The Balaban J connectivity index is 1.59. The molecule has 2 aromatic heterocycles. The Morgan fingerprint density at radius 1 is 1.27 bits per heavy atom. The smallest absolute Gasteiger partial charge is 0.325 e. The molecule has 0 radical (unpaired) electrons. The molecule has 0 saturated heterocycles. The molecule has 3 aromatic rings. The van der Waals surface area contributed by atoms with Gasteiger partial charge in [0, 0.05) is 12.8 Å². The molecule has 1 aromatic carbocycles. The van der Waals surface area contributed by atoms with Crippen molar-refractivity contribution in [1.82, 2.24) is 9.10 Å². The Morgan fingerprint density at radius 2 is 1.97 bits per heavy atom. The summed E-state index contributed by atoms with van der Waals surface area (Å²) < 4.78 is 58.8. The lowest BCUT2D eigenvalue weighted by molar-refractivity contribution is -0.140. The Bertz CT molecular complexity index is 1200. The van der Waals surface area contributed by atoms with Crippen LogP contribution in [-0.2, 0) is 20.7 Å². The maximum atomic E-state index is 13.4. The normalized spacial score (nSPS) is 21.5. The van der Waals surface area contributed by atoms with Crippen LogP contribution in [0.1, 0.15) is 29.7 Å². The van der Waals surface area contributed by atoms with Crippen LogP contribution in [0.4, 0.5) is 8.78 Å². The fourth-order valence-corrected chi connectivity index (χ4v) is 6.64. The molecule has 0 aliphatic heterocycles. The van der Waals surface area contributed by atoms with E-state index in [-0.39, 0.29) is 21.2 Å². The van der Waals surface area contributed by atoms with E-state index in [4.69, 9.17) is 0 Å². The predicted octanol–water partition coefficient (Wildman–Crippen LogP) is 4.27. The third-order valence-corrected chi connectivity index (χ3v) is 8.97. The number of alkyl halides is 2. The maximum Gasteiger partial charge on any atom is 0.325 e. The summed E-state index contributed by atoms with van der Waals surface area (Å²) in [5.41, 5.74) is -0.614. The minimum atomic E-state index is -4.14. The Hall–Kier alpha value is -2.21. The van der Waals surface area contributed by atoms with Crippen LogP contribution in [0.25, 0.3) is 10.6 Å². The van der Waals surface area contributed by atoms with Crippen LogP contribution < -0.4 is 4.72 Å². The van der Waals surface area contributed by atoms with E-state index < -0.39 is 33.4 Å². The van der Waals surface area contributed by atoms with E-state index in [1.54, 1.807) is 30.3 Å². The van der Waals surface area contributed by atoms with Crippen LogP contribution in [0.3, 0.4) is 0 Å². The summed E-state index contributed by atoms with van der Waals surface area (Å²) in [7, 11) is -4.14. The lowest BCUT2D eigenvalue weighted by Crippen LogP contribution is -2.44. The van der Waals surface area contributed by atoms with Gasteiger partial charge >= 0.3 is 5.97 Å². The molecule has 1 aliphatic rings. The first-order chi connectivity index (χ1) is 14.0. The molecule has 0 unspecified atom stereocenters. The molecule has 0 bridgehead atoms. The van der Waals surface area contributed by atoms with Crippen LogP contribution in [-0.4, -0.2) is 29.4 Å². The molecule has 11 heteroatoms. The number of hydrogen-bond donors (Lipinski definition) is 2. The fraction of sp³-hybridized carbons (Fsp3) is 0.263. The number of carboxylic acids is 1. The van der Waals surface area contributed by atoms with Crippen molar-refractivity contribution in [2.45, 2.75) is 34.9 Å². The van der Waals surface area contributed by atoms with Gasteiger partial charge in [-0.2, -0.15) is 9.10 Å². The van der Waals surface area contributed by atoms with Gasteiger partial charge in [-0.25, -0.2) is 17.2 Å². The van der Waals surface area contributed by atoms with Gasteiger partial charge in [0.25, 0.3) is 15.9 Å². The van der Waals surface area contributed by atoms with Crippen molar-refractivity contribution < 1.29 is 27.1 Å². The summed E-state index contributed by atoms with van der Waals surface area (Å²) in [4.78, 5) is 12.1. The number of aliphatic carboxylic acids is 1. The molecule has 158 valence electrons. The molecule has 1 saturated carbocycles. The quantitative estimate of drug-likeness (QED) is 0.538. The largest absolute Gasteiger partial charge is 0.480 e. The van der Waals surface area contributed by atoms with Gasteiger partial charge < -0.3 is 5.11 Å². The van der Waals surface area contributed by atoms with Crippen LogP contribution in [0.2, 0.25) is 0 Å². The Kier molecular flexibility index (Phi) is 5.04. The van der Waals surface area contributed by atoms with E-state index in [0.29, 0.717) is 16.4 Å². The van der Waals surface area contributed by atoms with Crippen LogP contribution >= 0.6 is 22.9 Å². The zero-order valence-corrected chi connectivity index (χ0v) is 18.0. The highest BCUT2D eigenvalue weighted by Crippen LogP contribution is 2.52. The number of rotatable bonds is 7. The standard InChI is InChI=1S/C19H16F2N2O4S3/c1-18(20,21)15-9-13(22-29-15)14-7-8-16(28-14)30(26,27)23-19(17(24)25)10-12(19)11-5-3-2-4-6-11/h2-9,12,23H,10H2,1H3,(H,24,25)/t12-,19+/m1/s1. The molecule has 2 heterocycles. The fourth-order valence-electron chi connectivity index (χ4n) is 3.23. The number of sulfonamides is 1. The second-order valence-corrected chi connectivity index (χ2v) is 10.9. The third kappa shape index (κ3) is 3.78. The van der Waals surface area contributed by atoms with Crippen molar-refractivity contribution in [2.24, 2.45) is 0 Å². The monoisotopic (exact) mass is 470 g/mol. The second-order valence-electron chi connectivity index (χ2n) is 7.13. The number of nitrogens with one attached hydrogen (secondary N) is 1. The first-order valence-electron chi connectivity index (χ1n) is 8.80. The number of nitrogens with zero attached hydrogens (tertiary/aromatic N) is 1.